The Labute approximate surface area is 246 Å². The van der Waals surface area contributed by atoms with Gasteiger partial charge in [-0.3, -0.25) is 13.8 Å². The second kappa shape index (κ2) is 12.5. The Balaban J connectivity index is 1.54. The van der Waals surface area contributed by atoms with Gasteiger partial charge < -0.3 is 14.8 Å². The van der Waals surface area contributed by atoms with E-state index in [2.05, 4.69) is 10.0 Å². The van der Waals surface area contributed by atoms with E-state index in [0.717, 1.165) is 15.4 Å². The van der Waals surface area contributed by atoms with E-state index in [4.69, 9.17) is 9.47 Å². The van der Waals surface area contributed by atoms with Crippen LogP contribution in [0.5, 0.6) is 11.5 Å². The molecule has 0 aromatic heterocycles. The van der Waals surface area contributed by atoms with Crippen LogP contribution in [0.2, 0.25) is 0 Å². The smallest absolute Gasteiger partial charge is 0.264 e. The fourth-order valence-corrected chi connectivity index (χ4v) is 6.57. The van der Waals surface area contributed by atoms with E-state index in [-0.39, 0.29) is 21.2 Å². The molecule has 0 aliphatic rings. The van der Waals surface area contributed by atoms with E-state index in [1.165, 1.54) is 56.7 Å². The first kappa shape index (κ1) is 30.4. The minimum absolute atomic E-state index is 0.000620. The molecule has 0 bridgehead atoms. The third-order valence-corrected chi connectivity index (χ3v) is 9.65. The Morgan fingerprint density at radius 1 is 0.714 bits per heavy atom. The lowest BCUT2D eigenvalue weighted by atomic mass is 10.1. The number of nitrogens with one attached hydrogen (secondary N) is 2. The zero-order valence-electron chi connectivity index (χ0n) is 23.5. The lowest BCUT2D eigenvalue weighted by Gasteiger charge is -2.24. The molecule has 0 aliphatic carbocycles. The summed E-state index contributed by atoms with van der Waals surface area (Å²) in [7, 11) is -5.25. The van der Waals surface area contributed by atoms with Crippen LogP contribution in [0.25, 0.3) is 0 Å². The van der Waals surface area contributed by atoms with Gasteiger partial charge in [0, 0.05) is 17.4 Å². The fraction of sp³-hybridized carbons (Fsp3) is 0.167. The number of nitrogens with zero attached hydrogens (tertiary/aromatic N) is 1. The average molecular weight is 610 g/mol. The van der Waals surface area contributed by atoms with Crippen LogP contribution in [0.3, 0.4) is 0 Å². The molecule has 0 aliphatic heterocycles. The number of rotatable bonds is 11. The van der Waals surface area contributed by atoms with Crippen LogP contribution < -0.4 is 23.8 Å². The van der Waals surface area contributed by atoms with Crippen LogP contribution in [0.15, 0.2) is 101 Å². The number of carbonyl (C=O) groups excluding carboxylic acids is 1. The monoisotopic (exact) mass is 609 g/mol. The lowest BCUT2D eigenvalue weighted by molar-refractivity contribution is -0.114. The van der Waals surface area contributed by atoms with Crippen molar-refractivity contribution in [1.82, 2.24) is 0 Å². The highest BCUT2D eigenvalue weighted by atomic mass is 32.2. The van der Waals surface area contributed by atoms with Gasteiger partial charge in [-0.2, -0.15) is 0 Å². The van der Waals surface area contributed by atoms with Gasteiger partial charge in [0.1, 0.15) is 6.54 Å². The quantitative estimate of drug-likeness (QED) is 0.246. The topological polar surface area (TPSA) is 131 Å². The summed E-state index contributed by atoms with van der Waals surface area (Å²) >= 11 is 0. The molecule has 4 rings (SSSR count). The third-order valence-electron chi connectivity index (χ3n) is 6.48. The predicted octanol–water partition coefficient (Wildman–Crippen LogP) is 4.96. The number of amides is 1. The first-order valence-electron chi connectivity index (χ1n) is 12.7. The molecule has 0 heterocycles. The van der Waals surface area contributed by atoms with Crippen LogP contribution in [0, 0.1) is 13.8 Å². The second-order valence-electron chi connectivity index (χ2n) is 9.34. The van der Waals surface area contributed by atoms with Crippen LogP contribution >= 0.6 is 0 Å². The van der Waals surface area contributed by atoms with Crippen LogP contribution in [0.4, 0.5) is 17.1 Å². The van der Waals surface area contributed by atoms with E-state index in [0.29, 0.717) is 17.1 Å². The molecule has 12 heteroatoms. The number of aryl methyl sites for hydroxylation is 2. The van der Waals surface area contributed by atoms with Gasteiger partial charge in [-0.25, -0.2) is 16.8 Å². The maximum atomic E-state index is 13.7. The van der Waals surface area contributed by atoms with Gasteiger partial charge in [0.05, 0.1) is 29.7 Å². The molecule has 0 fully saturated rings. The maximum Gasteiger partial charge on any atom is 0.264 e. The van der Waals surface area contributed by atoms with Gasteiger partial charge in [0.15, 0.2) is 11.5 Å². The highest BCUT2D eigenvalue weighted by Gasteiger charge is 2.28. The summed E-state index contributed by atoms with van der Waals surface area (Å²) in [6.45, 7) is 3.28. The molecule has 4 aromatic carbocycles. The van der Waals surface area contributed by atoms with Crippen molar-refractivity contribution in [2.24, 2.45) is 0 Å². The summed E-state index contributed by atoms with van der Waals surface area (Å²) < 4.78 is 67.2. The van der Waals surface area contributed by atoms with Gasteiger partial charge in [0.2, 0.25) is 5.91 Å². The molecule has 0 radical (unpaired) electrons. The zero-order valence-corrected chi connectivity index (χ0v) is 25.1. The number of hydrogen-bond acceptors (Lipinski definition) is 7. The molecule has 220 valence electrons. The van der Waals surface area contributed by atoms with Gasteiger partial charge in [-0.15, -0.1) is 0 Å². The third kappa shape index (κ3) is 6.84. The molecule has 0 atom stereocenters. The molecular formula is C30H31N3O7S2. The summed E-state index contributed by atoms with van der Waals surface area (Å²) in [4.78, 5) is 13.0. The highest BCUT2D eigenvalue weighted by Crippen LogP contribution is 2.32. The van der Waals surface area contributed by atoms with Crippen molar-refractivity contribution in [2.75, 3.05) is 35.1 Å². The summed E-state index contributed by atoms with van der Waals surface area (Å²) in [5.74, 6) is -0.0556. The molecule has 2 N–H and O–H groups in total. The van der Waals surface area contributed by atoms with Crippen molar-refractivity contribution in [2.45, 2.75) is 23.6 Å². The molecule has 0 unspecified atom stereocenters. The molecule has 0 spiro atoms. The van der Waals surface area contributed by atoms with Crippen LogP contribution in [-0.4, -0.2) is 43.5 Å². The number of benzene rings is 4. The van der Waals surface area contributed by atoms with Gasteiger partial charge in [0.25, 0.3) is 20.0 Å². The van der Waals surface area contributed by atoms with Crippen LogP contribution in [-0.2, 0) is 24.8 Å². The Bertz CT molecular complexity index is 1790. The van der Waals surface area contributed by atoms with E-state index in [1.54, 1.807) is 42.5 Å². The zero-order chi connectivity index (χ0) is 30.5. The normalized spacial score (nSPS) is 11.4. The van der Waals surface area contributed by atoms with Gasteiger partial charge in [-0.1, -0.05) is 24.3 Å². The summed E-state index contributed by atoms with van der Waals surface area (Å²) in [5.41, 5.74) is 3.00. The largest absolute Gasteiger partial charge is 0.493 e. The molecule has 1 amide bonds. The number of sulfonamides is 2. The molecule has 0 saturated carbocycles. The number of hydrogen-bond donors (Lipinski definition) is 2. The number of para-hydroxylation sites is 1. The van der Waals surface area contributed by atoms with E-state index >= 15 is 0 Å². The summed E-state index contributed by atoms with van der Waals surface area (Å²) in [6.07, 6.45) is 0. The van der Waals surface area contributed by atoms with E-state index in [9.17, 15) is 21.6 Å². The van der Waals surface area contributed by atoms with Gasteiger partial charge >= 0.3 is 0 Å². The van der Waals surface area contributed by atoms with Crippen LogP contribution in [0.1, 0.15) is 11.1 Å². The number of ether oxygens (including phenoxy) is 2. The molecule has 10 nitrogen and oxygen atoms in total. The van der Waals surface area contributed by atoms with Crippen molar-refractivity contribution >= 4 is 43.0 Å². The standard InChI is InChI=1S/C30H31N3O7S2/c1-21-10-11-24(18-22(21)2)32-41(35,36)26-14-12-23(13-15-26)31-30(34)20-33(25-8-6-5-7-9-25)42(37,38)27-16-17-28(39-3)29(19-27)40-4/h5-19,32H,20H2,1-4H3,(H,31,34). The summed E-state index contributed by atoms with van der Waals surface area (Å²) in [5, 5.41) is 2.64. The van der Waals surface area contributed by atoms with Crippen molar-refractivity contribution in [3.8, 4) is 11.5 Å². The summed E-state index contributed by atoms with van der Waals surface area (Å²) in [6, 6.07) is 23.2. The highest BCUT2D eigenvalue weighted by molar-refractivity contribution is 7.93. The molecular weight excluding hydrogens is 578 g/mol. The first-order valence-corrected chi connectivity index (χ1v) is 15.7. The maximum absolute atomic E-state index is 13.7. The van der Waals surface area contributed by atoms with Crippen molar-refractivity contribution < 1.29 is 31.1 Å². The van der Waals surface area contributed by atoms with Crippen molar-refractivity contribution in [1.29, 1.82) is 0 Å². The molecule has 4 aromatic rings. The SMILES string of the molecule is COc1ccc(S(=O)(=O)N(CC(=O)Nc2ccc(S(=O)(=O)Nc3ccc(C)c(C)c3)cc2)c2ccccc2)cc1OC. The lowest BCUT2D eigenvalue weighted by Crippen LogP contribution is -2.38. The number of methoxy groups -OCH3 is 2. The van der Waals surface area contributed by atoms with E-state index in [1.807, 2.05) is 19.9 Å². The molecule has 0 saturated heterocycles. The Hall–Kier alpha value is -4.55. The molecule has 42 heavy (non-hydrogen) atoms. The first-order chi connectivity index (χ1) is 19.9. The van der Waals surface area contributed by atoms with Crippen molar-refractivity contribution in [3.63, 3.8) is 0 Å². The number of carbonyl (C=O) groups is 1. The predicted molar refractivity (Wildman–Crippen MR) is 162 cm³/mol. The van der Waals surface area contributed by atoms with E-state index < -0.39 is 32.5 Å². The van der Waals surface area contributed by atoms with Crippen molar-refractivity contribution in [3.05, 3.63) is 102 Å². The second-order valence-corrected chi connectivity index (χ2v) is 12.9. The van der Waals surface area contributed by atoms with Gasteiger partial charge in [-0.05, 0) is 85.6 Å². The minimum atomic E-state index is -4.21. The number of anilines is 3. The average Bonchev–Trinajstić information content (AvgIpc) is 2.98. The Morgan fingerprint density at radius 2 is 1.33 bits per heavy atom. The minimum Gasteiger partial charge on any atom is -0.493 e. The Morgan fingerprint density at radius 3 is 1.95 bits per heavy atom. The fourth-order valence-electron chi connectivity index (χ4n) is 4.08. The Kier molecular flexibility index (Phi) is 9.08.